The number of nitrogens with zero attached hydrogens (tertiary/aromatic N) is 8. The fourth-order valence-electron chi connectivity index (χ4n) is 5.16. The summed E-state index contributed by atoms with van der Waals surface area (Å²) in [5.74, 6) is 1.37. The Hall–Kier alpha value is -4.58. The molecule has 0 amide bonds. The van der Waals surface area contributed by atoms with Gasteiger partial charge in [0.15, 0.2) is 0 Å². The molecule has 1 fully saturated rings. The number of nitrogens with one attached hydrogen (secondary N) is 1. The van der Waals surface area contributed by atoms with Gasteiger partial charge in [-0.15, -0.1) is 5.10 Å². The molecule has 1 saturated carbocycles. The highest BCUT2D eigenvalue weighted by atomic mass is 16.6. The van der Waals surface area contributed by atoms with E-state index in [1.807, 2.05) is 29.9 Å². The van der Waals surface area contributed by atoms with Crippen LogP contribution in [0.1, 0.15) is 50.6 Å². The predicted octanol–water partition coefficient (Wildman–Crippen LogP) is 4.58. The lowest BCUT2D eigenvalue weighted by Gasteiger charge is -2.21. The molecule has 0 aliphatic heterocycles. The molecule has 0 bridgehead atoms. The van der Waals surface area contributed by atoms with Crippen LogP contribution in [0.25, 0.3) is 11.1 Å². The van der Waals surface area contributed by atoms with Crippen LogP contribution < -0.4 is 14.8 Å². The Morgan fingerprint density at radius 2 is 1.76 bits per heavy atom. The van der Waals surface area contributed by atoms with Crippen molar-refractivity contribution in [3.8, 4) is 28.8 Å². The van der Waals surface area contributed by atoms with Gasteiger partial charge in [-0.3, -0.25) is 4.68 Å². The topological polar surface area (TPSA) is 156 Å². The molecule has 0 spiro atoms. The molecular weight excluding hydrogens is 590 g/mol. The van der Waals surface area contributed by atoms with E-state index in [2.05, 4.69) is 31.4 Å². The number of hydrogen-bond acceptors (Lipinski definition) is 12. The molecule has 1 aliphatic rings. The first-order valence-electron chi connectivity index (χ1n) is 15.6. The normalized spacial score (nSPS) is 14.1. The van der Waals surface area contributed by atoms with Crippen LogP contribution in [0.3, 0.4) is 0 Å². The number of rotatable bonds is 18. The molecule has 14 nitrogen and oxygen atoms in total. The number of ether oxygens (including phenoxy) is 5. The molecule has 244 valence electrons. The molecule has 1 aliphatic carbocycles. The van der Waals surface area contributed by atoms with Crippen LogP contribution in [-0.4, -0.2) is 87.4 Å². The molecule has 1 aromatic carbocycles. The molecule has 1 N–H and O–H groups in total. The van der Waals surface area contributed by atoms with E-state index < -0.39 is 0 Å². The van der Waals surface area contributed by atoms with E-state index in [0.717, 1.165) is 24.0 Å². The van der Waals surface area contributed by atoms with Crippen molar-refractivity contribution in [2.45, 2.75) is 57.7 Å². The quantitative estimate of drug-likeness (QED) is 0.153. The van der Waals surface area contributed by atoms with Gasteiger partial charge in [-0.25, -0.2) is 19.6 Å². The van der Waals surface area contributed by atoms with E-state index in [4.69, 9.17) is 28.8 Å². The standard InChI is InChI=1S/C32H41N9O5/c1-24(20-40-23-34-22-37-40)46-30-16-25(8-9-26(30)17-33)27-18-35-32(36-19-27)38-29-21-41(28-6-4-3-5-7-28)39-31(29)45-15-14-44-13-12-43-11-10-42-2/h8-9,16,18-19,21-24,28H,3-7,10-15,20H2,1-2H3,(H,35,36,38)/t24-/m0/s1. The molecule has 0 radical (unpaired) electrons. The molecule has 3 heterocycles. The monoisotopic (exact) mass is 631 g/mol. The lowest BCUT2D eigenvalue weighted by molar-refractivity contribution is 0.0176. The van der Waals surface area contributed by atoms with Crippen molar-refractivity contribution >= 4 is 11.6 Å². The summed E-state index contributed by atoms with van der Waals surface area (Å²) in [6.07, 6.45) is 14.1. The Morgan fingerprint density at radius 1 is 1.00 bits per heavy atom. The van der Waals surface area contributed by atoms with Crippen molar-refractivity contribution in [1.29, 1.82) is 5.26 Å². The summed E-state index contributed by atoms with van der Waals surface area (Å²) < 4.78 is 31.9. The van der Waals surface area contributed by atoms with E-state index >= 15 is 0 Å². The minimum atomic E-state index is -0.232. The lowest BCUT2D eigenvalue weighted by atomic mass is 9.96. The second-order valence-corrected chi connectivity index (χ2v) is 11.0. The average molecular weight is 632 g/mol. The van der Waals surface area contributed by atoms with Gasteiger partial charge in [-0.2, -0.15) is 10.4 Å². The molecule has 14 heteroatoms. The van der Waals surface area contributed by atoms with Gasteiger partial charge in [-0.05, 0) is 37.5 Å². The molecule has 5 rings (SSSR count). The Labute approximate surface area is 268 Å². The number of nitriles is 1. The van der Waals surface area contributed by atoms with Crippen molar-refractivity contribution in [2.75, 3.05) is 52.1 Å². The third-order valence-corrected chi connectivity index (χ3v) is 7.49. The van der Waals surface area contributed by atoms with Gasteiger partial charge in [-0.1, -0.05) is 25.3 Å². The van der Waals surface area contributed by atoms with Crippen LogP contribution in [0.2, 0.25) is 0 Å². The zero-order valence-electron chi connectivity index (χ0n) is 26.4. The van der Waals surface area contributed by atoms with Crippen LogP contribution in [-0.2, 0) is 20.8 Å². The first-order chi connectivity index (χ1) is 22.6. The highest BCUT2D eigenvalue weighted by Gasteiger charge is 2.20. The summed E-state index contributed by atoms with van der Waals surface area (Å²) in [4.78, 5) is 13.1. The van der Waals surface area contributed by atoms with Crippen LogP contribution in [0.4, 0.5) is 11.6 Å². The molecule has 1 atom stereocenters. The summed E-state index contributed by atoms with van der Waals surface area (Å²) >= 11 is 0. The van der Waals surface area contributed by atoms with Gasteiger partial charge < -0.3 is 29.0 Å². The second kappa shape index (κ2) is 17.2. The summed E-state index contributed by atoms with van der Waals surface area (Å²) in [7, 11) is 1.64. The van der Waals surface area contributed by atoms with Crippen molar-refractivity contribution in [3.05, 3.63) is 55.0 Å². The Balaban J connectivity index is 1.22. The lowest BCUT2D eigenvalue weighted by Crippen LogP contribution is -2.20. The number of hydrogen-bond donors (Lipinski definition) is 1. The second-order valence-electron chi connectivity index (χ2n) is 11.0. The maximum atomic E-state index is 9.64. The zero-order chi connectivity index (χ0) is 32.0. The smallest absolute Gasteiger partial charge is 0.257 e. The van der Waals surface area contributed by atoms with E-state index in [-0.39, 0.29) is 6.10 Å². The van der Waals surface area contributed by atoms with E-state index in [1.165, 1.54) is 25.6 Å². The van der Waals surface area contributed by atoms with Gasteiger partial charge in [0, 0.05) is 25.1 Å². The first kappa shape index (κ1) is 32.8. The molecule has 0 unspecified atom stereocenters. The fourth-order valence-corrected chi connectivity index (χ4v) is 5.16. The summed E-state index contributed by atoms with van der Waals surface area (Å²) in [5.41, 5.74) is 2.74. The number of aromatic nitrogens is 7. The molecule has 46 heavy (non-hydrogen) atoms. The third-order valence-electron chi connectivity index (χ3n) is 7.49. The molecule has 0 saturated heterocycles. The number of benzene rings is 1. The van der Waals surface area contributed by atoms with Gasteiger partial charge in [0.2, 0.25) is 5.95 Å². The average Bonchev–Trinajstić information content (AvgIpc) is 3.74. The molecular formula is C32H41N9O5. The SMILES string of the molecule is COCCOCCOCCOc1nn(C2CCCCC2)cc1Nc1ncc(-c2ccc(C#N)c(O[C@@H](C)Cn3cncn3)c2)cn1. The minimum Gasteiger partial charge on any atom is -0.487 e. The molecule has 3 aromatic heterocycles. The number of methoxy groups -OCH3 is 1. The van der Waals surface area contributed by atoms with Crippen molar-refractivity contribution in [3.63, 3.8) is 0 Å². The Bertz CT molecular complexity index is 1520. The largest absolute Gasteiger partial charge is 0.487 e. The summed E-state index contributed by atoms with van der Waals surface area (Å²) in [6, 6.07) is 7.96. The Morgan fingerprint density at radius 3 is 2.48 bits per heavy atom. The summed E-state index contributed by atoms with van der Waals surface area (Å²) in [6.45, 7) is 5.25. The van der Waals surface area contributed by atoms with Crippen LogP contribution in [0.5, 0.6) is 11.6 Å². The first-order valence-corrected chi connectivity index (χ1v) is 15.6. The molecule has 4 aromatic rings. The fraction of sp³-hybridized carbons (Fsp3) is 0.500. The van der Waals surface area contributed by atoms with Crippen molar-refractivity contribution in [2.24, 2.45) is 0 Å². The van der Waals surface area contributed by atoms with Crippen LogP contribution in [0, 0.1) is 11.3 Å². The van der Waals surface area contributed by atoms with Gasteiger partial charge in [0.05, 0.1) is 57.4 Å². The van der Waals surface area contributed by atoms with Crippen LogP contribution in [0.15, 0.2) is 49.4 Å². The summed E-state index contributed by atoms with van der Waals surface area (Å²) in [5, 5.41) is 21.8. The maximum absolute atomic E-state index is 9.64. The highest BCUT2D eigenvalue weighted by Crippen LogP contribution is 2.33. The van der Waals surface area contributed by atoms with Crippen molar-refractivity contribution < 1.29 is 23.7 Å². The Kier molecular flexibility index (Phi) is 12.3. The zero-order valence-corrected chi connectivity index (χ0v) is 26.4. The predicted molar refractivity (Wildman–Crippen MR) is 169 cm³/mol. The van der Waals surface area contributed by atoms with Gasteiger partial charge >= 0.3 is 0 Å². The maximum Gasteiger partial charge on any atom is 0.257 e. The van der Waals surface area contributed by atoms with Crippen molar-refractivity contribution in [1.82, 2.24) is 34.5 Å². The highest BCUT2D eigenvalue weighted by molar-refractivity contribution is 5.67. The van der Waals surface area contributed by atoms with Crippen LogP contribution >= 0.6 is 0 Å². The van der Waals surface area contributed by atoms with E-state index in [0.29, 0.717) is 81.1 Å². The van der Waals surface area contributed by atoms with Gasteiger partial charge in [0.1, 0.15) is 42.9 Å². The van der Waals surface area contributed by atoms with E-state index in [9.17, 15) is 5.26 Å². The van der Waals surface area contributed by atoms with Gasteiger partial charge in [0.25, 0.3) is 5.88 Å². The number of anilines is 2. The minimum absolute atomic E-state index is 0.232. The van der Waals surface area contributed by atoms with E-state index in [1.54, 1.807) is 36.6 Å². The third kappa shape index (κ3) is 9.46.